The molecule has 23 heavy (non-hydrogen) atoms. The fourth-order valence-electron chi connectivity index (χ4n) is 2.86. The molecule has 1 fully saturated rings. The third-order valence-corrected chi connectivity index (χ3v) is 5.13. The molecule has 1 saturated heterocycles. The van der Waals surface area contributed by atoms with E-state index in [1.807, 2.05) is 18.4 Å². The summed E-state index contributed by atoms with van der Waals surface area (Å²) in [4.78, 5) is 8.32. The van der Waals surface area contributed by atoms with Crippen LogP contribution in [0, 0.1) is 5.92 Å². The molecule has 0 bridgehead atoms. The van der Waals surface area contributed by atoms with Gasteiger partial charge in [0.2, 0.25) is 0 Å². The smallest absolute Gasteiger partial charge is 0.190 e. The van der Waals surface area contributed by atoms with Crippen LogP contribution in [-0.4, -0.2) is 57.8 Å². The van der Waals surface area contributed by atoms with Gasteiger partial charge in [0.25, 0.3) is 0 Å². The number of likely N-dealkylation sites (tertiary alicyclic amines) is 1. The van der Waals surface area contributed by atoms with Crippen molar-refractivity contribution in [2.24, 2.45) is 10.9 Å². The van der Waals surface area contributed by atoms with Crippen molar-refractivity contribution >= 4 is 17.3 Å². The SMILES string of the molecule is CN=C(NCCCOC)NCC1CCN(Cc2cccs2)CC1. The summed E-state index contributed by atoms with van der Waals surface area (Å²) in [6, 6.07) is 4.37. The van der Waals surface area contributed by atoms with Gasteiger partial charge in [-0.3, -0.25) is 9.89 Å². The molecule has 6 heteroatoms. The first-order valence-electron chi connectivity index (χ1n) is 8.50. The Morgan fingerprint density at radius 2 is 2.22 bits per heavy atom. The molecule has 2 rings (SSSR count). The summed E-state index contributed by atoms with van der Waals surface area (Å²) in [5.74, 6) is 1.65. The molecule has 0 unspecified atom stereocenters. The van der Waals surface area contributed by atoms with Crippen molar-refractivity contribution in [1.29, 1.82) is 0 Å². The van der Waals surface area contributed by atoms with Gasteiger partial charge >= 0.3 is 0 Å². The number of guanidine groups is 1. The van der Waals surface area contributed by atoms with Crippen molar-refractivity contribution in [2.45, 2.75) is 25.8 Å². The second kappa shape index (κ2) is 10.6. The van der Waals surface area contributed by atoms with Gasteiger partial charge in [0.15, 0.2) is 5.96 Å². The second-order valence-electron chi connectivity index (χ2n) is 6.03. The Morgan fingerprint density at radius 1 is 1.39 bits per heavy atom. The van der Waals surface area contributed by atoms with E-state index in [9.17, 15) is 0 Å². The van der Waals surface area contributed by atoms with Crippen molar-refractivity contribution in [3.63, 3.8) is 0 Å². The van der Waals surface area contributed by atoms with Crippen molar-refractivity contribution in [3.05, 3.63) is 22.4 Å². The fourth-order valence-corrected chi connectivity index (χ4v) is 3.60. The summed E-state index contributed by atoms with van der Waals surface area (Å²) < 4.78 is 5.06. The lowest BCUT2D eigenvalue weighted by molar-refractivity contribution is 0.179. The Hall–Kier alpha value is -1.11. The molecule has 0 spiro atoms. The fraction of sp³-hybridized carbons (Fsp3) is 0.706. The van der Waals surface area contributed by atoms with Crippen LogP contribution in [-0.2, 0) is 11.3 Å². The molecular weight excluding hydrogens is 308 g/mol. The van der Waals surface area contributed by atoms with Gasteiger partial charge in [0.1, 0.15) is 0 Å². The molecule has 0 aliphatic carbocycles. The number of thiophene rings is 1. The van der Waals surface area contributed by atoms with Gasteiger partial charge in [-0.05, 0) is 49.7 Å². The van der Waals surface area contributed by atoms with Crippen LogP contribution in [0.25, 0.3) is 0 Å². The van der Waals surface area contributed by atoms with E-state index in [0.717, 1.165) is 44.5 Å². The quantitative estimate of drug-likeness (QED) is 0.433. The molecule has 2 heterocycles. The Bertz CT molecular complexity index is 441. The minimum Gasteiger partial charge on any atom is -0.385 e. The normalized spacial score (nSPS) is 17.4. The highest BCUT2D eigenvalue weighted by atomic mass is 32.1. The second-order valence-corrected chi connectivity index (χ2v) is 7.06. The number of piperidine rings is 1. The third kappa shape index (κ3) is 6.89. The minimum atomic E-state index is 0.743. The van der Waals surface area contributed by atoms with Crippen LogP contribution in [0.1, 0.15) is 24.1 Å². The average Bonchev–Trinajstić information content (AvgIpc) is 3.08. The summed E-state index contributed by atoms with van der Waals surface area (Å²) in [6.07, 6.45) is 3.52. The van der Waals surface area contributed by atoms with Gasteiger partial charge in [-0.2, -0.15) is 0 Å². The zero-order valence-corrected chi connectivity index (χ0v) is 15.2. The molecule has 1 aromatic rings. The Labute approximate surface area is 144 Å². The third-order valence-electron chi connectivity index (χ3n) is 4.27. The maximum absolute atomic E-state index is 5.06. The summed E-state index contributed by atoms with van der Waals surface area (Å²) in [7, 11) is 3.56. The van der Waals surface area contributed by atoms with Crippen molar-refractivity contribution in [2.75, 3.05) is 46.9 Å². The molecule has 1 aliphatic rings. The van der Waals surface area contributed by atoms with E-state index < -0.39 is 0 Å². The number of rotatable bonds is 8. The molecule has 1 aliphatic heterocycles. The zero-order chi connectivity index (χ0) is 16.3. The largest absolute Gasteiger partial charge is 0.385 e. The van der Waals surface area contributed by atoms with E-state index in [2.05, 4.69) is 38.0 Å². The first kappa shape index (κ1) is 18.2. The first-order valence-corrected chi connectivity index (χ1v) is 9.38. The monoisotopic (exact) mass is 338 g/mol. The topological polar surface area (TPSA) is 48.9 Å². The van der Waals surface area contributed by atoms with Crippen LogP contribution in [0.3, 0.4) is 0 Å². The minimum absolute atomic E-state index is 0.743. The van der Waals surface area contributed by atoms with E-state index in [0.29, 0.717) is 0 Å². The Balaban J connectivity index is 1.60. The number of nitrogens with zero attached hydrogens (tertiary/aromatic N) is 2. The Kier molecular flexibility index (Phi) is 8.42. The average molecular weight is 339 g/mol. The van der Waals surface area contributed by atoms with Crippen LogP contribution in [0.15, 0.2) is 22.5 Å². The molecule has 2 N–H and O–H groups in total. The summed E-state index contributed by atoms with van der Waals surface area (Å²) >= 11 is 1.86. The molecule has 1 aromatic heterocycles. The van der Waals surface area contributed by atoms with Gasteiger partial charge in [-0.1, -0.05) is 6.07 Å². The predicted molar refractivity (Wildman–Crippen MR) is 98.2 cm³/mol. The maximum Gasteiger partial charge on any atom is 0.190 e. The lowest BCUT2D eigenvalue weighted by Crippen LogP contribution is -2.43. The highest BCUT2D eigenvalue weighted by molar-refractivity contribution is 7.09. The lowest BCUT2D eigenvalue weighted by atomic mass is 9.97. The van der Waals surface area contributed by atoms with E-state index in [1.54, 1.807) is 7.11 Å². The van der Waals surface area contributed by atoms with Crippen molar-refractivity contribution in [1.82, 2.24) is 15.5 Å². The summed E-state index contributed by atoms with van der Waals surface area (Å²) in [6.45, 7) is 6.20. The number of hydrogen-bond acceptors (Lipinski definition) is 4. The van der Waals surface area contributed by atoms with Crippen LogP contribution >= 0.6 is 11.3 Å². The number of ether oxygens (including phenoxy) is 1. The molecule has 0 saturated carbocycles. The Morgan fingerprint density at radius 3 is 2.87 bits per heavy atom. The van der Waals surface area contributed by atoms with Gasteiger partial charge in [0.05, 0.1) is 0 Å². The van der Waals surface area contributed by atoms with E-state index in [4.69, 9.17) is 4.74 Å². The van der Waals surface area contributed by atoms with Crippen molar-refractivity contribution in [3.8, 4) is 0 Å². The van der Waals surface area contributed by atoms with Gasteiger partial charge in [-0.15, -0.1) is 11.3 Å². The number of methoxy groups -OCH3 is 1. The van der Waals surface area contributed by atoms with E-state index in [1.165, 1.54) is 30.8 Å². The zero-order valence-electron chi connectivity index (χ0n) is 14.4. The maximum atomic E-state index is 5.06. The van der Waals surface area contributed by atoms with Gasteiger partial charge in [-0.25, -0.2) is 0 Å². The highest BCUT2D eigenvalue weighted by Gasteiger charge is 2.19. The van der Waals surface area contributed by atoms with E-state index >= 15 is 0 Å². The lowest BCUT2D eigenvalue weighted by Gasteiger charge is -2.32. The van der Waals surface area contributed by atoms with E-state index in [-0.39, 0.29) is 0 Å². The molecule has 0 amide bonds. The van der Waals surface area contributed by atoms with Crippen LogP contribution in [0.2, 0.25) is 0 Å². The number of nitrogens with one attached hydrogen (secondary N) is 2. The number of aliphatic imine (C=N–C) groups is 1. The van der Waals surface area contributed by atoms with Crippen LogP contribution in [0.5, 0.6) is 0 Å². The summed E-state index contributed by atoms with van der Waals surface area (Å²) in [5.41, 5.74) is 0. The van der Waals surface area contributed by atoms with Gasteiger partial charge in [0, 0.05) is 45.3 Å². The standard InChI is InChI=1S/C17H30N4OS/c1-18-17(19-8-4-11-22-2)20-13-15-6-9-21(10-7-15)14-16-5-3-12-23-16/h3,5,12,15H,4,6-11,13-14H2,1-2H3,(H2,18,19,20). The molecule has 0 atom stereocenters. The molecular formula is C17H30N4OS. The highest BCUT2D eigenvalue weighted by Crippen LogP contribution is 2.20. The van der Waals surface area contributed by atoms with Gasteiger partial charge < -0.3 is 15.4 Å². The van der Waals surface area contributed by atoms with Crippen LogP contribution < -0.4 is 10.6 Å². The van der Waals surface area contributed by atoms with Crippen LogP contribution in [0.4, 0.5) is 0 Å². The molecule has 130 valence electrons. The van der Waals surface area contributed by atoms with Crippen molar-refractivity contribution < 1.29 is 4.74 Å². The number of hydrogen-bond donors (Lipinski definition) is 2. The molecule has 0 radical (unpaired) electrons. The molecule has 0 aromatic carbocycles. The first-order chi connectivity index (χ1) is 11.3. The predicted octanol–water partition coefficient (Wildman–Crippen LogP) is 2.16. The summed E-state index contributed by atoms with van der Waals surface area (Å²) in [5, 5.41) is 8.95. The molecule has 5 nitrogen and oxygen atoms in total.